The van der Waals surface area contributed by atoms with Gasteiger partial charge in [0.15, 0.2) is 0 Å². The van der Waals surface area contributed by atoms with Crippen LogP contribution in [0.2, 0.25) is 0 Å². The van der Waals surface area contributed by atoms with Crippen molar-refractivity contribution in [2.75, 3.05) is 26.5 Å². The van der Waals surface area contributed by atoms with E-state index in [0.717, 1.165) is 11.3 Å². The van der Waals surface area contributed by atoms with Crippen molar-refractivity contribution in [2.45, 2.75) is 6.42 Å². The lowest BCUT2D eigenvalue weighted by molar-refractivity contribution is -0.115. The third kappa shape index (κ3) is 4.57. The minimum atomic E-state index is -0.109. The molecule has 2 rings (SSSR count). The Bertz CT molecular complexity index is 676. The zero-order chi connectivity index (χ0) is 16.8. The lowest BCUT2D eigenvalue weighted by Gasteiger charge is -2.11. The largest absolute Gasteiger partial charge is 0.497 e. The number of hydrogen-bond donors (Lipinski definition) is 1. The Hall–Kier alpha value is -2.82. The van der Waals surface area contributed by atoms with E-state index in [2.05, 4.69) is 5.32 Å². The van der Waals surface area contributed by atoms with Gasteiger partial charge in [-0.15, -0.1) is 0 Å². The van der Waals surface area contributed by atoms with Gasteiger partial charge in [-0.2, -0.15) is 0 Å². The molecular formula is C18H20N2O3. The number of amides is 2. The molecule has 0 radical (unpaired) electrons. The minimum absolute atomic E-state index is 0.0684. The molecule has 120 valence electrons. The fraction of sp³-hybridized carbons (Fsp3) is 0.222. The summed E-state index contributed by atoms with van der Waals surface area (Å²) in [4.78, 5) is 25.4. The number of nitrogens with one attached hydrogen (secondary N) is 1. The predicted octanol–water partition coefficient (Wildman–Crippen LogP) is 2.58. The maximum Gasteiger partial charge on any atom is 0.253 e. The fourth-order valence-electron chi connectivity index (χ4n) is 2.09. The highest BCUT2D eigenvalue weighted by molar-refractivity contribution is 5.96. The number of carbonyl (C=O) groups is 2. The van der Waals surface area contributed by atoms with Crippen LogP contribution < -0.4 is 10.1 Å². The molecule has 0 saturated carbocycles. The summed E-state index contributed by atoms with van der Waals surface area (Å²) in [6, 6.07) is 14.2. The van der Waals surface area contributed by atoms with E-state index in [-0.39, 0.29) is 18.2 Å². The summed E-state index contributed by atoms with van der Waals surface area (Å²) in [6.45, 7) is 0. The highest BCUT2D eigenvalue weighted by Gasteiger charge is 2.08. The van der Waals surface area contributed by atoms with Gasteiger partial charge < -0.3 is 15.0 Å². The van der Waals surface area contributed by atoms with Gasteiger partial charge in [0, 0.05) is 25.3 Å². The van der Waals surface area contributed by atoms with Crippen molar-refractivity contribution in [1.29, 1.82) is 0 Å². The van der Waals surface area contributed by atoms with Crippen LogP contribution in [-0.2, 0) is 11.2 Å². The molecule has 23 heavy (non-hydrogen) atoms. The predicted molar refractivity (Wildman–Crippen MR) is 89.8 cm³/mol. The molecule has 0 unspecified atom stereocenters. The Kier molecular flexibility index (Phi) is 5.36. The van der Waals surface area contributed by atoms with Crippen molar-refractivity contribution >= 4 is 17.5 Å². The molecular weight excluding hydrogens is 292 g/mol. The van der Waals surface area contributed by atoms with Crippen LogP contribution in [0.25, 0.3) is 0 Å². The zero-order valence-electron chi connectivity index (χ0n) is 13.5. The van der Waals surface area contributed by atoms with Gasteiger partial charge in [0.2, 0.25) is 5.91 Å². The second kappa shape index (κ2) is 7.45. The third-order valence-electron chi connectivity index (χ3n) is 3.35. The van der Waals surface area contributed by atoms with E-state index >= 15 is 0 Å². The van der Waals surface area contributed by atoms with Crippen LogP contribution in [0.3, 0.4) is 0 Å². The van der Waals surface area contributed by atoms with E-state index in [4.69, 9.17) is 4.74 Å². The summed E-state index contributed by atoms with van der Waals surface area (Å²) in [5, 5.41) is 2.82. The van der Waals surface area contributed by atoms with Gasteiger partial charge in [-0.05, 0) is 42.0 Å². The normalized spacial score (nSPS) is 10.0. The molecule has 0 bridgehead atoms. The topological polar surface area (TPSA) is 58.6 Å². The Labute approximate surface area is 135 Å². The van der Waals surface area contributed by atoms with Gasteiger partial charge in [0.25, 0.3) is 5.91 Å². The number of anilines is 1. The van der Waals surface area contributed by atoms with Crippen LogP contribution >= 0.6 is 0 Å². The van der Waals surface area contributed by atoms with E-state index in [1.165, 1.54) is 4.90 Å². The first kappa shape index (κ1) is 16.5. The van der Waals surface area contributed by atoms with Gasteiger partial charge >= 0.3 is 0 Å². The van der Waals surface area contributed by atoms with Crippen molar-refractivity contribution in [2.24, 2.45) is 0 Å². The van der Waals surface area contributed by atoms with E-state index < -0.39 is 0 Å². The van der Waals surface area contributed by atoms with Crippen LogP contribution in [0, 0.1) is 0 Å². The number of methoxy groups -OCH3 is 1. The lowest BCUT2D eigenvalue weighted by atomic mass is 10.1. The average Bonchev–Trinajstić information content (AvgIpc) is 2.55. The number of rotatable bonds is 5. The van der Waals surface area contributed by atoms with Crippen molar-refractivity contribution < 1.29 is 14.3 Å². The molecule has 0 aliphatic heterocycles. The van der Waals surface area contributed by atoms with Gasteiger partial charge in [-0.3, -0.25) is 9.59 Å². The van der Waals surface area contributed by atoms with Gasteiger partial charge in [0.05, 0.1) is 13.5 Å². The van der Waals surface area contributed by atoms with E-state index in [1.54, 1.807) is 45.5 Å². The first-order chi connectivity index (χ1) is 11.0. The van der Waals surface area contributed by atoms with Gasteiger partial charge in [0.1, 0.15) is 5.75 Å². The second-order valence-corrected chi connectivity index (χ2v) is 5.35. The summed E-state index contributed by atoms with van der Waals surface area (Å²) in [5.74, 6) is 0.582. The third-order valence-corrected chi connectivity index (χ3v) is 3.35. The van der Waals surface area contributed by atoms with Crippen LogP contribution in [0.15, 0.2) is 48.5 Å². The standard InChI is InChI=1S/C18H20N2O3/c1-20(2)18(22)14-6-8-15(9-7-14)19-17(21)12-13-4-10-16(23-3)11-5-13/h4-11H,12H2,1-3H3,(H,19,21). The van der Waals surface area contributed by atoms with Crippen molar-refractivity contribution in [3.63, 3.8) is 0 Å². The number of carbonyl (C=O) groups excluding carboxylic acids is 2. The minimum Gasteiger partial charge on any atom is -0.497 e. The Morgan fingerprint density at radius 1 is 1.00 bits per heavy atom. The first-order valence-corrected chi connectivity index (χ1v) is 7.24. The van der Waals surface area contributed by atoms with Crippen LogP contribution in [-0.4, -0.2) is 37.9 Å². The van der Waals surface area contributed by atoms with E-state index in [0.29, 0.717) is 11.3 Å². The summed E-state index contributed by atoms with van der Waals surface area (Å²) in [7, 11) is 5.01. The van der Waals surface area contributed by atoms with Crippen molar-refractivity contribution in [1.82, 2.24) is 4.90 Å². The number of ether oxygens (including phenoxy) is 1. The van der Waals surface area contributed by atoms with Crippen LogP contribution in [0.4, 0.5) is 5.69 Å². The molecule has 0 spiro atoms. The maximum absolute atomic E-state index is 12.0. The Morgan fingerprint density at radius 2 is 1.61 bits per heavy atom. The quantitative estimate of drug-likeness (QED) is 0.923. The highest BCUT2D eigenvalue weighted by Crippen LogP contribution is 2.14. The van der Waals surface area contributed by atoms with Gasteiger partial charge in [-0.1, -0.05) is 12.1 Å². The van der Waals surface area contributed by atoms with Crippen LogP contribution in [0.5, 0.6) is 5.75 Å². The van der Waals surface area contributed by atoms with E-state index in [1.807, 2.05) is 24.3 Å². The molecule has 0 atom stereocenters. The molecule has 0 heterocycles. The smallest absolute Gasteiger partial charge is 0.253 e. The first-order valence-electron chi connectivity index (χ1n) is 7.24. The summed E-state index contributed by atoms with van der Waals surface area (Å²) < 4.78 is 5.09. The zero-order valence-corrected chi connectivity index (χ0v) is 13.5. The maximum atomic E-state index is 12.0. The molecule has 0 aliphatic rings. The molecule has 0 aliphatic carbocycles. The average molecular weight is 312 g/mol. The molecule has 0 aromatic heterocycles. The number of benzene rings is 2. The molecule has 1 N–H and O–H groups in total. The molecule has 5 heteroatoms. The molecule has 5 nitrogen and oxygen atoms in total. The fourth-order valence-corrected chi connectivity index (χ4v) is 2.09. The molecule has 2 aromatic carbocycles. The SMILES string of the molecule is COc1ccc(CC(=O)Nc2ccc(C(=O)N(C)C)cc2)cc1. The Balaban J connectivity index is 1.95. The van der Waals surface area contributed by atoms with Crippen molar-refractivity contribution in [3.05, 3.63) is 59.7 Å². The summed E-state index contributed by atoms with van der Waals surface area (Å²) >= 11 is 0. The highest BCUT2D eigenvalue weighted by atomic mass is 16.5. The van der Waals surface area contributed by atoms with E-state index in [9.17, 15) is 9.59 Å². The molecule has 0 saturated heterocycles. The Morgan fingerprint density at radius 3 is 2.13 bits per heavy atom. The van der Waals surface area contributed by atoms with Gasteiger partial charge in [-0.25, -0.2) is 0 Å². The molecule has 2 aromatic rings. The second-order valence-electron chi connectivity index (χ2n) is 5.35. The monoisotopic (exact) mass is 312 g/mol. The summed E-state index contributed by atoms with van der Waals surface area (Å²) in [6.07, 6.45) is 0.280. The number of nitrogens with zero attached hydrogens (tertiary/aromatic N) is 1. The van der Waals surface area contributed by atoms with Crippen molar-refractivity contribution in [3.8, 4) is 5.75 Å². The summed E-state index contributed by atoms with van der Waals surface area (Å²) in [5.41, 5.74) is 2.16. The lowest BCUT2D eigenvalue weighted by Crippen LogP contribution is -2.21. The molecule has 2 amide bonds. The molecule has 0 fully saturated rings. The van der Waals surface area contributed by atoms with Crippen LogP contribution in [0.1, 0.15) is 15.9 Å². The number of hydrogen-bond acceptors (Lipinski definition) is 3.